The largest absolute Gasteiger partial charge is 0.445 e. The summed E-state index contributed by atoms with van der Waals surface area (Å²) in [6.07, 6.45) is 3.63. The first kappa shape index (κ1) is 15.8. The average molecular weight is 313 g/mol. The van der Waals surface area contributed by atoms with Gasteiger partial charge in [0.05, 0.1) is 25.3 Å². The summed E-state index contributed by atoms with van der Waals surface area (Å²) in [6.45, 7) is 7.43. The minimum atomic E-state index is -0.252. The van der Waals surface area contributed by atoms with Crippen LogP contribution in [0.2, 0.25) is 0 Å². The van der Waals surface area contributed by atoms with Gasteiger partial charge in [0.15, 0.2) is 0 Å². The van der Waals surface area contributed by atoms with Crippen LogP contribution < -0.4 is 0 Å². The standard InChI is InChI=1S/C19H23NO3/c1-14(2)8-16-9-17-12-22-13-18(10-16)20(17)19(21)23-11-15-6-4-3-5-7-15/h3-7,9,17-18H,1,8,10-13H2,2H3. The second-order valence-electron chi connectivity index (χ2n) is 6.37. The van der Waals surface area contributed by atoms with Crippen LogP contribution in [0, 0.1) is 0 Å². The maximum atomic E-state index is 12.5. The van der Waals surface area contributed by atoms with Crippen molar-refractivity contribution in [2.75, 3.05) is 13.2 Å². The summed E-state index contributed by atoms with van der Waals surface area (Å²) >= 11 is 0. The Hall–Kier alpha value is -2.07. The molecule has 23 heavy (non-hydrogen) atoms. The van der Waals surface area contributed by atoms with Gasteiger partial charge in [0.1, 0.15) is 6.61 Å². The van der Waals surface area contributed by atoms with Crippen LogP contribution in [0.3, 0.4) is 0 Å². The van der Waals surface area contributed by atoms with E-state index >= 15 is 0 Å². The summed E-state index contributed by atoms with van der Waals surface area (Å²) in [7, 11) is 0. The Bertz CT molecular complexity index is 608. The molecule has 4 heteroatoms. The smallest absolute Gasteiger partial charge is 0.411 e. The molecule has 2 bridgehead atoms. The molecule has 1 saturated heterocycles. The second-order valence-corrected chi connectivity index (χ2v) is 6.37. The molecule has 3 rings (SSSR count). The summed E-state index contributed by atoms with van der Waals surface area (Å²) in [5.41, 5.74) is 3.50. The number of amides is 1. The SMILES string of the molecule is C=C(C)CC1=CC2COCC(C1)N2C(=O)OCc1ccccc1. The molecule has 0 N–H and O–H groups in total. The highest BCUT2D eigenvalue weighted by molar-refractivity contribution is 5.69. The number of hydrogen-bond acceptors (Lipinski definition) is 3. The van der Waals surface area contributed by atoms with Crippen molar-refractivity contribution in [3.8, 4) is 0 Å². The lowest BCUT2D eigenvalue weighted by Gasteiger charge is -2.43. The number of ether oxygens (including phenoxy) is 2. The van der Waals surface area contributed by atoms with Gasteiger partial charge in [-0.15, -0.1) is 0 Å². The van der Waals surface area contributed by atoms with Crippen molar-refractivity contribution in [2.24, 2.45) is 0 Å². The first-order chi connectivity index (χ1) is 11.1. The van der Waals surface area contributed by atoms with E-state index in [0.717, 1.165) is 24.0 Å². The zero-order valence-corrected chi connectivity index (χ0v) is 13.5. The number of morpholine rings is 1. The number of hydrogen-bond donors (Lipinski definition) is 0. The van der Waals surface area contributed by atoms with E-state index in [1.807, 2.05) is 42.2 Å². The van der Waals surface area contributed by atoms with Gasteiger partial charge in [0, 0.05) is 0 Å². The third-order valence-electron chi connectivity index (χ3n) is 4.22. The third kappa shape index (κ3) is 3.82. The van der Waals surface area contributed by atoms with Gasteiger partial charge in [0.2, 0.25) is 0 Å². The summed E-state index contributed by atoms with van der Waals surface area (Å²) in [5.74, 6) is 0. The molecule has 2 aliphatic rings. The van der Waals surface area contributed by atoms with Crippen LogP contribution in [0.4, 0.5) is 4.79 Å². The Labute approximate surface area is 137 Å². The molecule has 1 fully saturated rings. The summed E-state index contributed by atoms with van der Waals surface area (Å²) in [5, 5.41) is 0. The normalized spacial score (nSPS) is 23.2. The molecule has 0 radical (unpaired) electrons. The fourth-order valence-electron chi connectivity index (χ4n) is 3.28. The summed E-state index contributed by atoms with van der Waals surface area (Å²) in [4.78, 5) is 14.4. The Balaban J connectivity index is 1.66. The fraction of sp³-hybridized carbons (Fsp3) is 0.421. The van der Waals surface area contributed by atoms with Crippen molar-refractivity contribution in [1.82, 2.24) is 4.90 Å². The van der Waals surface area contributed by atoms with Crippen LogP contribution in [0.25, 0.3) is 0 Å². The number of allylic oxidation sites excluding steroid dienone is 1. The molecule has 2 atom stereocenters. The third-order valence-corrected chi connectivity index (χ3v) is 4.22. The van der Waals surface area contributed by atoms with Crippen LogP contribution in [0.1, 0.15) is 25.3 Å². The lowest BCUT2D eigenvalue weighted by Crippen LogP contribution is -2.56. The molecule has 2 aliphatic heterocycles. The first-order valence-electron chi connectivity index (χ1n) is 8.04. The lowest BCUT2D eigenvalue weighted by molar-refractivity contribution is -0.0374. The number of benzene rings is 1. The molecule has 0 aliphatic carbocycles. The number of rotatable bonds is 4. The molecular weight excluding hydrogens is 290 g/mol. The molecule has 4 nitrogen and oxygen atoms in total. The van der Waals surface area contributed by atoms with E-state index in [2.05, 4.69) is 12.7 Å². The van der Waals surface area contributed by atoms with Gasteiger partial charge in [-0.2, -0.15) is 0 Å². The van der Waals surface area contributed by atoms with Gasteiger partial charge in [-0.3, -0.25) is 4.90 Å². The van der Waals surface area contributed by atoms with Crippen molar-refractivity contribution < 1.29 is 14.3 Å². The molecular formula is C19H23NO3. The number of nitrogens with zero attached hydrogens (tertiary/aromatic N) is 1. The van der Waals surface area contributed by atoms with E-state index in [1.165, 1.54) is 5.57 Å². The molecule has 0 spiro atoms. The molecule has 1 aromatic rings. The van der Waals surface area contributed by atoms with Gasteiger partial charge < -0.3 is 9.47 Å². The van der Waals surface area contributed by atoms with Crippen molar-refractivity contribution >= 4 is 6.09 Å². The summed E-state index contributed by atoms with van der Waals surface area (Å²) in [6, 6.07) is 9.79. The molecule has 1 aromatic carbocycles. The van der Waals surface area contributed by atoms with E-state index in [9.17, 15) is 4.79 Å². The van der Waals surface area contributed by atoms with Crippen molar-refractivity contribution in [2.45, 2.75) is 38.5 Å². The highest BCUT2D eigenvalue weighted by Gasteiger charge is 2.38. The Morgan fingerprint density at radius 3 is 2.83 bits per heavy atom. The predicted molar refractivity (Wildman–Crippen MR) is 89.0 cm³/mol. The minimum absolute atomic E-state index is 0.0277. The molecule has 1 amide bonds. The van der Waals surface area contributed by atoms with Gasteiger partial charge >= 0.3 is 6.09 Å². The van der Waals surface area contributed by atoms with E-state index in [1.54, 1.807) is 0 Å². The van der Waals surface area contributed by atoms with Crippen LogP contribution in [0.5, 0.6) is 0 Å². The maximum absolute atomic E-state index is 12.5. The van der Waals surface area contributed by atoms with Crippen molar-refractivity contribution in [1.29, 1.82) is 0 Å². The topological polar surface area (TPSA) is 38.8 Å². The number of fused-ring (bicyclic) bond motifs is 2. The number of carbonyl (C=O) groups is 1. The Kier molecular flexibility index (Phi) is 4.82. The van der Waals surface area contributed by atoms with E-state index < -0.39 is 0 Å². The van der Waals surface area contributed by atoms with E-state index in [0.29, 0.717) is 19.8 Å². The first-order valence-corrected chi connectivity index (χ1v) is 8.04. The fourth-order valence-corrected chi connectivity index (χ4v) is 3.28. The van der Waals surface area contributed by atoms with Crippen LogP contribution in [-0.4, -0.2) is 36.3 Å². The highest BCUT2D eigenvalue weighted by atomic mass is 16.6. The molecule has 0 saturated carbocycles. The monoisotopic (exact) mass is 313 g/mol. The predicted octanol–water partition coefficient (Wildman–Crippen LogP) is 3.69. The van der Waals surface area contributed by atoms with E-state index in [-0.39, 0.29) is 18.2 Å². The molecule has 2 unspecified atom stereocenters. The van der Waals surface area contributed by atoms with Gasteiger partial charge in [0.25, 0.3) is 0 Å². The second kappa shape index (κ2) is 7.01. The average Bonchev–Trinajstić information content (AvgIpc) is 2.52. The van der Waals surface area contributed by atoms with Crippen molar-refractivity contribution in [3.63, 3.8) is 0 Å². The van der Waals surface area contributed by atoms with Gasteiger partial charge in [-0.1, -0.05) is 54.1 Å². The molecule has 0 aromatic heterocycles. The maximum Gasteiger partial charge on any atom is 0.411 e. The van der Waals surface area contributed by atoms with Crippen LogP contribution in [0.15, 0.2) is 54.1 Å². The number of carbonyl (C=O) groups excluding carboxylic acids is 1. The van der Waals surface area contributed by atoms with Crippen LogP contribution in [-0.2, 0) is 16.1 Å². The minimum Gasteiger partial charge on any atom is -0.445 e. The molecule has 2 heterocycles. The van der Waals surface area contributed by atoms with Gasteiger partial charge in [-0.25, -0.2) is 4.79 Å². The van der Waals surface area contributed by atoms with E-state index in [4.69, 9.17) is 9.47 Å². The lowest BCUT2D eigenvalue weighted by atomic mass is 9.91. The quantitative estimate of drug-likeness (QED) is 0.796. The molecule has 122 valence electrons. The summed E-state index contributed by atoms with van der Waals surface area (Å²) < 4.78 is 11.1. The van der Waals surface area contributed by atoms with Crippen molar-refractivity contribution in [3.05, 3.63) is 59.7 Å². The zero-order valence-electron chi connectivity index (χ0n) is 13.5. The highest BCUT2D eigenvalue weighted by Crippen LogP contribution is 2.30. The van der Waals surface area contributed by atoms with Crippen LogP contribution >= 0.6 is 0 Å². The Morgan fingerprint density at radius 1 is 1.35 bits per heavy atom. The zero-order chi connectivity index (χ0) is 16.2. The Morgan fingerprint density at radius 2 is 2.13 bits per heavy atom. The van der Waals surface area contributed by atoms with Gasteiger partial charge in [-0.05, 0) is 25.3 Å².